The molecule has 0 spiro atoms. The topological polar surface area (TPSA) is 90.1 Å². The highest BCUT2D eigenvalue weighted by molar-refractivity contribution is 6.34. The fraction of sp³-hybridized carbons (Fsp3) is 0.431. The molecule has 5 aliphatic rings. The average molecular weight is 983 g/mol. The third-order valence-corrected chi connectivity index (χ3v) is 17.3. The van der Waals surface area contributed by atoms with E-state index in [-0.39, 0.29) is 28.0 Å². The molecule has 0 saturated carbocycles. The number of fused-ring (bicyclic) bond motifs is 2. The standard InChI is InChI=1S/C58H70ClF2N9O/c1-36-17-30-70(40(5)64-36)57-48-14-13-46(32-50(48)66(6)65-57)69-26-18-41(19-27-69)34-67-24-20-42(21-25-67)39(4)68-28-22-45(23-29-68)63-35-58(44-11-9-8-10-12-44)33-43-31-49(60)55(59)54(52(43)37(58)2)53-47(38(3)62)15-16-51(71-7)56(53)61/h8-16,31-32,37,41-42,45,63-64H,1,3-5,17-30,33-35,62H2,2,6-7H3. The van der Waals surface area contributed by atoms with Crippen molar-refractivity contribution in [3.05, 3.63) is 149 Å². The highest BCUT2D eigenvalue weighted by atomic mass is 35.5. The van der Waals surface area contributed by atoms with Gasteiger partial charge < -0.3 is 40.7 Å². The van der Waals surface area contributed by atoms with Crippen LogP contribution in [0.25, 0.3) is 27.7 Å². The number of hydrogen-bond donors (Lipinski definition) is 3. The molecule has 4 fully saturated rings. The molecule has 0 radical (unpaired) electrons. The molecule has 10 nitrogen and oxygen atoms in total. The number of rotatable bonds is 13. The minimum absolute atomic E-state index is 0.0283. The summed E-state index contributed by atoms with van der Waals surface area (Å²) < 4.78 is 39.8. The van der Waals surface area contributed by atoms with Gasteiger partial charge in [-0.2, -0.15) is 5.10 Å². The van der Waals surface area contributed by atoms with Gasteiger partial charge in [0.2, 0.25) is 0 Å². The summed E-state index contributed by atoms with van der Waals surface area (Å²) >= 11 is 6.87. The number of aryl methyl sites for hydroxylation is 1. The number of halogens is 3. The Kier molecular flexibility index (Phi) is 13.7. The molecule has 71 heavy (non-hydrogen) atoms. The number of allylic oxidation sites excluding steroid dienone is 1. The van der Waals surface area contributed by atoms with Crippen LogP contribution in [0.5, 0.6) is 5.75 Å². The Labute approximate surface area is 423 Å². The lowest BCUT2D eigenvalue weighted by Crippen LogP contribution is -2.49. The number of methoxy groups -OCH3 is 1. The Morgan fingerprint density at radius 1 is 0.915 bits per heavy atom. The van der Waals surface area contributed by atoms with Gasteiger partial charge in [0.05, 0.1) is 17.6 Å². The molecule has 4 aliphatic heterocycles. The minimum atomic E-state index is -0.641. The van der Waals surface area contributed by atoms with Gasteiger partial charge in [0.1, 0.15) is 11.6 Å². The van der Waals surface area contributed by atoms with E-state index in [1.165, 1.54) is 43.9 Å². The van der Waals surface area contributed by atoms with Gasteiger partial charge in [0, 0.05) is 122 Å². The van der Waals surface area contributed by atoms with E-state index in [9.17, 15) is 0 Å². The number of aromatic nitrogens is 2. The first-order chi connectivity index (χ1) is 34.2. The number of hydrogen-bond acceptors (Lipinski definition) is 9. The molecule has 1 aliphatic carbocycles. The summed E-state index contributed by atoms with van der Waals surface area (Å²) in [5.74, 6) is 1.64. The van der Waals surface area contributed by atoms with E-state index in [1.807, 2.05) is 17.8 Å². The first kappa shape index (κ1) is 48.8. The Bertz CT molecular complexity index is 2860. The summed E-state index contributed by atoms with van der Waals surface area (Å²) in [5.41, 5.74) is 14.3. The summed E-state index contributed by atoms with van der Waals surface area (Å²) in [6.07, 6.45) is 8.16. The summed E-state index contributed by atoms with van der Waals surface area (Å²) in [5, 5.41) is 13.2. The van der Waals surface area contributed by atoms with E-state index in [1.54, 1.807) is 12.1 Å². The maximum atomic E-state index is 16.4. The fourth-order valence-corrected chi connectivity index (χ4v) is 13.0. The molecule has 2 unspecified atom stereocenters. The maximum absolute atomic E-state index is 16.4. The molecule has 4 aromatic carbocycles. The third-order valence-electron chi connectivity index (χ3n) is 16.9. The van der Waals surface area contributed by atoms with Crippen molar-refractivity contribution in [2.24, 2.45) is 24.6 Å². The number of nitrogens with two attached hydrogens (primary N) is 1. The first-order valence-electron chi connectivity index (χ1n) is 25.6. The Hall–Kier alpha value is -5.82. The van der Waals surface area contributed by atoms with Crippen LogP contribution in [0.15, 0.2) is 110 Å². The van der Waals surface area contributed by atoms with Crippen LogP contribution < -0.4 is 30.9 Å². The van der Waals surface area contributed by atoms with E-state index in [0.717, 1.165) is 123 Å². The van der Waals surface area contributed by atoms with Crippen molar-refractivity contribution in [2.45, 2.75) is 75.7 Å². The zero-order valence-electron chi connectivity index (χ0n) is 41.8. The SMILES string of the molecule is C=C1CCN(c2nn(C)c3cc(N4CCC(CN5CCC(C(=C)N6CCC(NCC7(c8ccccc8)Cc8cc(F)c(Cl)c(-c9c(C(=C)N)ccc(OC)c9F)c8C7C)CC6)CC5)CC4)ccc23)C(=C)N1. The van der Waals surface area contributed by atoms with Crippen LogP contribution in [0.4, 0.5) is 20.3 Å². The van der Waals surface area contributed by atoms with Gasteiger partial charge in [-0.25, -0.2) is 8.78 Å². The molecule has 5 aromatic rings. The van der Waals surface area contributed by atoms with Crippen LogP contribution in [0.1, 0.15) is 80.0 Å². The number of benzene rings is 4. The molecular weight excluding hydrogens is 912 g/mol. The summed E-state index contributed by atoms with van der Waals surface area (Å²) in [7, 11) is 3.44. The van der Waals surface area contributed by atoms with Gasteiger partial charge in [0.15, 0.2) is 17.4 Å². The van der Waals surface area contributed by atoms with Gasteiger partial charge in [-0.3, -0.25) is 4.68 Å². The molecule has 1 aromatic heterocycles. The molecule has 374 valence electrons. The lowest BCUT2D eigenvalue weighted by atomic mass is 9.70. The van der Waals surface area contributed by atoms with Crippen molar-refractivity contribution >= 4 is 39.7 Å². The highest BCUT2D eigenvalue weighted by Gasteiger charge is 2.48. The van der Waals surface area contributed by atoms with Crippen molar-refractivity contribution in [2.75, 3.05) is 75.8 Å². The second-order valence-corrected chi connectivity index (χ2v) is 21.3. The van der Waals surface area contributed by atoms with Crippen LogP contribution in [0.2, 0.25) is 5.02 Å². The average Bonchev–Trinajstić information content (AvgIpc) is 3.86. The molecule has 0 amide bonds. The predicted octanol–water partition coefficient (Wildman–Crippen LogP) is 10.7. The van der Waals surface area contributed by atoms with E-state index in [4.69, 9.17) is 33.7 Å². The zero-order valence-corrected chi connectivity index (χ0v) is 42.6. The third kappa shape index (κ3) is 9.21. The molecule has 4 saturated heterocycles. The van der Waals surface area contributed by atoms with Gasteiger partial charge in [-0.1, -0.05) is 75.2 Å². The Morgan fingerprint density at radius 2 is 1.65 bits per heavy atom. The van der Waals surface area contributed by atoms with Crippen molar-refractivity contribution < 1.29 is 13.5 Å². The molecule has 13 heteroatoms. The predicted molar refractivity (Wildman–Crippen MR) is 287 cm³/mol. The van der Waals surface area contributed by atoms with Crippen molar-refractivity contribution in [1.29, 1.82) is 0 Å². The van der Waals surface area contributed by atoms with Crippen LogP contribution in [0.3, 0.4) is 0 Å². The van der Waals surface area contributed by atoms with Crippen molar-refractivity contribution in [1.82, 2.24) is 30.2 Å². The number of ether oxygens (including phenoxy) is 1. The van der Waals surface area contributed by atoms with Crippen molar-refractivity contribution in [3.8, 4) is 16.9 Å². The smallest absolute Gasteiger partial charge is 0.173 e. The second kappa shape index (κ2) is 20.0. The van der Waals surface area contributed by atoms with Gasteiger partial charge in [-0.15, -0.1) is 0 Å². The largest absolute Gasteiger partial charge is 0.494 e. The lowest BCUT2D eigenvalue weighted by molar-refractivity contribution is 0.140. The summed E-state index contributed by atoms with van der Waals surface area (Å²) in [4.78, 5) is 9.96. The summed E-state index contributed by atoms with van der Waals surface area (Å²) in [6.45, 7) is 28.1. The molecule has 5 heterocycles. The highest BCUT2D eigenvalue weighted by Crippen LogP contribution is 2.55. The molecule has 0 bridgehead atoms. The number of nitrogens with zero attached hydrogens (tertiary/aromatic N) is 6. The summed E-state index contributed by atoms with van der Waals surface area (Å²) in [6, 6.07) is 22.3. The van der Waals surface area contributed by atoms with Crippen LogP contribution in [-0.4, -0.2) is 91.6 Å². The normalized spacial score (nSPS) is 21.8. The maximum Gasteiger partial charge on any atom is 0.173 e. The molecule has 2 atom stereocenters. The molecular formula is C58H70ClF2N9O. The zero-order chi connectivity index (χ0) is 49.7. The van der Waals surface area contributed by atoms with Crippen LogP contribution >= 0.6 is 11.6 Å². The van der Waals surface area contributed by atoms with E-state index >= 15 is 8.78 Å². The Balaban J connectivity index is 0.726. The van der Waals surface area contributed by atoms with Gasteiger partial charge >= 0.3 is 0 Å². The Morgan fingerprint density at radius 3 is 2.34 bits per heavy atom. The lowest BCUT2D eigenvalue weighted by Gasteiger charge is -2.43. The quantitative estimate of drug-likeness (QED) is 0.107. The van der Waals surface area contributed by atoms with Gasteiger partial charge in [-0.05, 0) is 123 Å². The van der Waals surface area contributed by atoms with E-state index < -0.39 is 17.0 Å². The van der Waals surface area contributed by atoms with Crippen LogP contribution in [-0.2, 0) is 18.9 Å². The number of anilines is 2. The fourth-order valence-electron chi connectivity index (χ4n) is 12.7. The number of piperidine rings is 3. The second-order valence-electron chi connectivity index (χ2n) is 20.9. The molecule has 10 rings (SSSR count). The van der Waals surface area contributed by atoms with Crippen LogP contribution in [0, 0.1) is 23.5 Å². The molecule has 4 N–H and O–H groups in total. The first-order valence-corrected chi connectivity index (χ1v) is 26.0. The van der Waals surface area contributed by atoms with E-state index in [2.05, 4.69) is 99.4 Å². The number of nitrogens with one attached hydrogen (secondary N) is 2. The van der Waals surface area contributed by atoms with E-state index in [0.29, 0.717) is 42.0 Å². The number of likely N-dealkylation sites (tertiary alicyclic amines) is 2. The van der Waals surface area contributed by atoms with Gasteiger partial charge in [0.25, 0.3) is 0 Å². The minimum Gasteiger partial charge on any atom is -0.494 e. The van der Waals surface area contributed by atoms with Crippen molar-refractivity contribution in [3.63, 3.8) is 0 Å². The monoisotopic (exact) mass is 982 g/mol.